The molecule has 0 aliphatic rings. The van der Waals surface area contributed by atoms with Gasteiger partial charge in [-0.05, 0) is 36.2 Å². The van der Waals surface area contributed by atoms with Gasteiger partial charge in [-0.3, -0.25) is 0 Å². The smallest absolute Gasteiger partial charge is 0.399 e. The molecule has 0 saturated heterocycles. The molecule has 0 spiro atoms. The molecule has 0 fully saturated rings. The molecule has 2 aromatic rings. The van der Waals surface area contributed by atoms with Crippen LogP contribution in [0.1, 0.15) is 16.7 Å². The average molecular weight is 298 g/mol. The van der Waals surface area contributed by atoms with Gasteiger partial charge in [0, 0.05) is 17.6 Å². The van der Waals surface area contributed by atoms with E-state index >= 15 is 0 Å². The lowest BCUT2D eigenvalue weighted by Gasteiger charge is -2.09. The topological polar surface area (TPSA) is 38.9 Å². The number of thioether (sulfide) groups is 1. The van der Waals surface area contributed by atoms with Gasteiger partial charge in [-0.2, -0.15) is 13.2 Å². The van der Waals surface area contributed by atoms with Gasteiger partial charge < -0.3 is 5.73 Å². The van der Waals surface area contributed by atoms with Crippen LogP contribution in [0.4, 0.5) is 18.9 Å². The lowest BCUT2D eigenvalue weighted by atomic mass is 10.1. The first-order chi connectivity index (χ1) is 9.38. The van der Waals surface area contributed by atoms with Crippen molar-refractivity contribution in [3.63, 3.8) is 0 Å². The molecule has 0 amide bonds. The second-order valence-electron chi connectivity index (χ2n) is 4.30. The SMILES string of the molecule is Cc1c(N)cccc1CSc1ccc(C(F)(F)F)cn1. The summed E-state index contributed by atoms with van der Waals surface area (Å²) in [6.07, 6.45) is -3.49. The van der Waals surface area contributed by atoms with E-state index in [1.54, 1.807) is 0 Å². The molecular formula is C14H13F3N2S. The molecule has 0 saturated carbocycles. The zero-order valence-corrected chi connectivity index (χ0v) is 11.6. The quantitative estimate of drug-likeness (QED) is 0.679. The molecule has 1 aromatic carbocycles. The second-order valence-corrected chi connectivity index (χ2v) is 5.30. The zero-order chi connectivity index (χ0) is 14.8. The lowest BCUT2D eigenvalue weighted by Crippen LogP contribution is -2.05. The van der Waals surface area contributed by atoms with Crippen LogP contribution < -0.4 is 5.73 Å². The van der Waals surface area contributed by atoms with E-state index in [2.05, 4.69) is 4.98 Å². The number of aromatic nitrogens is 1. The molecule has 2 nitrogen and oxygen atoms in total. The van der Waals surface area contributed by atoms with Gasteiger partial charge in [-0.15, -0.1) is 11.8 Å². The van der Waals surface area contributed by atoms with Gasteiger partial charge in [-0.25, -0.2) is 4.98 Å². The number of anilines is 1. The van der Waals surface area contributed by atoms with Crippen molar-refractivity contribution >= 4 is 17.4 Å². The molecule has 2 rings (SSSR count). The molecule has 1 aromatic heterocycles. The van der Waals surface area contributed by atoms with Gasteiger partial charge in [0.05, 0.1) is 10.6 Å². The van der Waals surface area contributed by atoms with Crippen LogP contribution in [0.15, 0.2) is 41.6 Å². The Morgan fingerprint density at radius 3 is 2.55 bits per heavy atom. The van der Waals surface area contributed by atoms with E-state index in [9.17, 15) is 13.2 Å². The number of rotatable bonds is 3. The third-order valence-electron chi connectivity index (χ3n) is 2.93. The molecule has 0 bridgehead atoms. The highest BCUT2D eigenvalue weighted by Gasteiger charge is 2.30. The Hall–Kier alpha value is -1.69. The number of pyridine rings is 1. The molecule has 0 atom stereocenters. The van der Waals surface area contributed by atoms with Crippen LogP contribution >= 0.6 is 11.8 Å². The number of nitrogens with two attached hydrogens (primary N) is 1. The Balaban J connectivity index is 2.06. The Morgan fingerprint density at radius 1 is 1.20 bits per heavy atom. The number of nitrogen functional groups attached to an aromatic ring is 1. The van der Waals surface area contributed by atoms with E-state index in [0.29, 0.717) is 16.5 Å². The van der Waals surface area contributed by atoms with Crippen LogP contribution in [0.5, 0.6) is 0 Å². The Morgan fingerprint density at radius 2 is 1.95 bits per heavy atom. The van der Waals surface area contributed by atoms with Crippen molar-refractivity contribution in [2.45, 2.75) is 23.9 Å². The monoisotopic (exact) mass is 298 g/mol. The first-order valence-corrected chi connectivity index (χ1v) is 6.86. The normalized spacial score (nSPS) is 11.6. The minimum absolute atomic E-state index is 0.555. The highest BCUT2D eigenvalue weighted by molar-refractivity contribution is 7.98. The molecule has 106 valence electrons. The predicted molar refractivity (Wildman–Crippen MR) is 74.4 cm³/mol. The van der Waals surface area contributed by atoms with Gasteiger partial charge in [0.2, 0.25) is 0 Å². The minimum Gasteiger partial charge on any atom is -0.399 e. The maximum Gasteiger partial charge on any atom is 0.417 e. The molecule has 2 N–H and O–H groups in total. The van der Waals surface area contributed by atoms with E-state index in [1.165, 1.54) is 17.8 Å². The fourth-order valence-corrected chi connectivity index (χ4v) is 2.55. The summed E-state index contributed by atoms with van der Waals surface area (Å²) in [6, 6.07) is 8.05. The zero-order valence-electron chi connectivity index (χ0n) is 10.7. The van der Waals surface area contributed by atoms with Crippen LogP contribution in [-0.4, -0.2) is 4.98 Å². The van der Waals surface area contributed by atoms with Crippen LogP contribution in [0.25, 0.3) is 0 Å². The van der Waals surface area contributed by atoms with Crippen molar-refractivity contribution in [2.75, 3.05) is 5.73 Å². The third kappa shape index (κ3) is 3.45. The fraction of sp³-hybridized carbons (Fsp3) is 0.214. The first-order valence-electron chi connectivity index (χ1n) is 5.88. The van der Waals surface area contributed by atoms with E-state index in [-0.39, 0.29) is 0 Å². The second kappa shape index (κ2) is 5.75. The summed E-state index contributed by atoms with van der Waals surface area (Å²) in [5, 5.41) is 0.555. The molecule has 20 heavy (non-hydrogen) atoms. The van der Waals surface area contributed by atoms with E-state index in [0.717, 1.165) is 23.4 Å². The van der Waals surface area contributed by atoms with E-state index in [1.807, 2.05) is 25.1 Å². The third-order valence-corrected chi connectivity index (χ3v) is 3.92. The average Bonchev–Trinajstić information content (AvgIpc) is 2.40. The number of alkyl halides is 3. The summed E-state index contributed by atoms with van der Waals surface area (Å²) < 4.78 is 37.2. The van der Waals surface area contributed by atoms with Crippen molar-refractivity contribution in [3.05, 3.63) is 53.2 Å². The van der Waals surface area contributed by atoms with Crippen molar-refractivity contribution < 1.29 is 13.2 Å². The number of hydrogen-bond donors (Lipinski definition) is 1. The number of hydrogen-bond acceptors (Lipinski definition) is 3. The summed E-state index contributed by atoms with van der Waals surface area (Å²) >= 11 is 1.38. The largest absolute Gasteiger partial charge is 0.417 e. The fourth-order valence-electron chi connectivity index (χ4n) is 1.64. The first kappa shape index (κ1) is 14.7. The molecule has 0 aliphatic heterocycles. The highest BCUT2D eigenvalue weighted by atomic mass is 32.2. The highest BCUT2D eigenvalue weighted by Crippen LogP contribution is 2.30. The Labute approximate surface area is 119 Å². The molecule has 0 aliphatic carbocycles. The Bertz CT molecular complexity index is 594. The number of benzene rings is 1. The van der Waals surface area contributed by atoms with Crippen molar-refractivity contribution in [2.24, 2.45) is 0 Å². The lowest BCUT2D eigenvalue weighted by molar-refractivity contribution is -0.137. The van der Waals surface area contributed by atoms with Crippen molar-refractivity contribution in [1.82, 2.24) is 4.98 Å². The van der Waals surface area contributed by atoms with Crippen LogP contribution in [0.3, 0.4) is 0 Å². The summed E-state index contributed by atoms with van der Waals surface area (Å²) in [4.78, 5) is 3.82. The van der Waals surface area contributed by atoms with Crippen LogP contribution in [-0.2, 0) is 11.9 Å². The van der Waals surface area contributed by atoms with Gasteiger partial charge in [0.15, 0.2) is 0 Å². The van der Waals surface area contributed by atoms with Crippen molar-refractivity contribution in [1.29, 1.82) is 0 Å². The summed E-state index contributed by atoms with van der Waals surface area (Å²) in [6.45, 7) is 1.92. The van der Waals surface area contributed by atoms with Gasteiger partial charge in [0.1, 0.15) is 0 Å². The van der Waals surface area contributed by atoms with Crippen LogP contribution in [0.2, 0.25) is 0 Å². The van der Waals surface area contributed by atoms with Crippen molar-refractivity contribution in [3.8, 4) is 0 Å². The number of nitrogens with zero attached hydrogens (tertiary/aromatic N) is 1. The molecule has 0 radical (unpaired) electrons. The molecular weight excluding hydrogens is 285 g/mol. The molecule has 6 heteroatoms. The standard InChI is InChI=1S/C14H13F3N2S/c1-9-10(3-2-4-12(9)18)8-20-13-6-5-11(7-19-13)14(15,16)17/h2-7H,8,18H2,1H3. The van der Waals surface area contributed by atoms with Crippen LogP contribution in [0, 0.1) is 6.92 Å². The van der Waals surface area contributed by atoms with Gasteiger partial charge in [0.25, 0.3) is 0 Å². The summed E-state index contributed by atoms with van der Waals surface area (Å²) in [5.74, 6) is 0.620. The van der Waals surface area contributed by atoms with E-state index < -0.39 is 11.7 Å². The van der Waals surface area contributed by atoms with Gasteiger partial charge in [-0.1, -0.05) is 12.1 Å². The summed E-state index contributed by atoms with van der Waals surface area (Å²) in [5.41, 5.74) is 7.83. The molecule has 0 unspecified atom stereocenters. The Kier molecular flexibility index (Phi) is 4.23. The molecule has 1 heterocycles. The minimum atomic E-state index is -4.35. The van der Waals surface area contributed by atoms with E-state index in [4.69, 9.17) is 5.73 Å². The predicted octanol–water partition coefficient (Wildman–Crippen LogP) is 4.28. The maximum absolute atomic E-state index is 12.4. The van der Waals surface area contributed by atoms with Gasteiger partial charge >= 0.3 is 6.18 Å². The maximum atomic E-state index is 12.4. The summed E-state index contributed by atoms with van der Waals surface area (Å²) in [7, 11) is 0. The number of halogens is 3.